The number of aromatic nitrogens is 2. The van der Waals surface area contributed by atoms with Crippen LogP contribution in [-0.4, -0.2) is 46.5 Å². The van der Waals surface area contributed by atoms with Gasteiger partial charge in [-0.05, 0) is 25.5 Å². The molecule has 1 atom stereocenters. The lowest BCUT2D eigenvalue weighted by atomic mass is 10.2. The third-order valence-electron chi connectivity index (χ3n) is 4.16. The Bertz CT molecular complexity index is 649. The molecule has 2 N–H and O–H groups in total. The molecule has 5 nitrogen and oxygen atoms in total. The van der Waals surface area contributed by atoms with Crippen LogP contribution in [0.4, 0.5) is 0 Å². The SMILES string of the molecule is Cc1cccc2[nH]c(CCC(=O)N3CCNC[C@H]3C)nc12. The number of aryl methyl sites for hydroxylation is 2. The first-order chi connectivity index (χ1) is 10.1. The van der Waals surface area contributed by atoms with Crippen molar-refractivity contribution in [2.24, 2.45) is 0 Å². The Labute approximate surface area is 124 Å². The van der Waals surface area contributed by atoms with E-state index < -0.39 is 0 Å². The highest BCUT2D eigenvalue weighted by Crippen LogP contribution is 2.16. The number of carbonyl (C=O) groups excluding carboxylic acids is 1. The Balaban J connectivity index is 1.66. The lowest BCUT2D eigenvalue weighted by Crippen LogP contribution is -2.52. The highest BCUT2D eigenvalue weighted by molar-refractivity contribution is 5.79. The van der Waals surface area contributed by atoms with E-state index in [0.717, 1.165) is 42.1 Å². The predicted octanol–water partition coefficient (Wildman–Crippen LogP) is 1.62. The maximum Gasteiger partial charge on any atom is 0.223 e. The average Bonchev–Trinajstić information content (AvgIpc) is 2.90. The summed E-state index contributed by atoms with van der Waals surface area (Å²) in [4.78, 5) is 22.2. The van der Waals surface area contributed by atoms with Crippen molar-refractivity contribution in [1.82, 2.24) is 20.2 Å². The van der Waals surface area contributed by atoms with Crippen LogP contribution in [0.15, 0.2) is 18.2 Å². The molecular formula is C16H22N4O. The molecule has 21 heavy (non-hydrogen) atoms. The largest absolute Gasteiger partial charge is 0.342 e. The Morgan fingerprint density at radius 3 is 3.10 bits per heavy atom. The highest BCUT2D eigenvalue weighted by Gasteiger charge is 2.22. The minimum atomic E-state index is 0.223. The van der Waals surface area contributed by atoms with Crippen molar-refractivity contribution in [2.75, 3.05) is 19.6 Å². The van der Waals surface area contributed by atoms with E-state index in [2.05, 4.69) is 35.2 Å². The molecule has 2 heterocycles. The zero-order valence-corrected chi connectivity index (χ0v) is 12.6. The van der Waals surface area contributed by atoms with Crippen LogP contribution >= 0.6 is 0 Å². The number of fused-ring (bicyclic) bond motifs is 1. The summed E-state index contributed by atoms with van der Waals surface area (Å²) >= 11 is 0. The summed E-state index contributed by atoms with van der Waals surface area (Å²) in [6.07, 6.45) is 1.19. The van der Waals surface area contributed by atoms with Crippen LogP contribution in [-0.2, 0) is 11.2 Å². The van der Waals surface area contributed by atoms with E-state index in [-0.39, 0.29) is 11.9 Å². The number of rotatable bonds is 3. The summed E-state index contributed by atoms with van der Waals surface area (Å²) < 4.78 is 0. The quantitative estimate of drug-likeness (QED) is 0.901. The molecule has 5 heteroatoms. The number of hydrogen-bond donors (Lipinski definition) is 2. The van der Waals surface area contributed by atoms with Crippen molar-refractivity contribution in [2.45, 2.75) is 32.7 Å². The zero-order valence-electron chi connectivity index (χ0n) is 12.6. The summed E-state index contributed by atoms with van der Waals surface area (Å²) in [7, 11) is 0. The maximum absolute atomic E-state index is 12.3. The van der Waals surface area contributed by atoms with Gasteiger partial charge in [-0.2, -0.15) is 0 Å². The van der Waals surface area contributed by atoms with Crippen molar-refractivity contribution in [3.63, 3.8) is 0 Å². The molecule has 1 fully saturated rings. The Morgan fingerprint density at radius 2 is 2.33 bits per heavy atom. The number of H-pyrrole nitrogens is 1. The third kappa shape index (κ3) is 2.93. The molecule has 0 unspecified atom stereocenters. The lowest BCUT2D eigenvalue weighted by molar-refractivity contribution is -0.133. The minimum Gasteiger partial charge on any atom is -0.342 e. The van der Waals surface area contributed by atoms with Crippen LogP contribution in [0, 0.1) is 6.92 Å². The molecule has 0 spiro atoms. The monoisotopic (exact) mass is 286 g/mol. The summed E-state index contributed by atoms with van der Waals surface area (Å²) in [6.45, 7) is 6.73. The maximum atomic E-state index is 12.3. The van der Waals surface area contributed by atoms with Crippen molar-refractivity contribution < 1.29 is 4.79 Å². The number of benzene rings is 1. The number of aromatic amines is 1. The molecule has 0 radical (unpaired) electrons. The van der Waals surface area contributed by atoms with Gasteiger partial charge in [0, 0.05) is 38.5 Å². The number of carbonyl (C=O) groups is 1. The summed E-state index contributed by atoms with van der Waals surface area (Å²) in [5, 5.41) is 3.30. The molecule has 1 aromatic heterocycles. The first kappa shape index (κ1) is 14.1. The van der Waals surface area contributed by atoms with Gasteiger partial charge in [-0.15, -0.1) is 0 Å². The summed E-state index contributed by atoms with van der Waals surface area (Å²) in [5.41, 5.74) is 3.22. The van der Waals surface area contributed by atoms with Gasteiger partial charge in [-0.25, -0.2) is 4.98 Å². The van der Waals surface area contributed by atoms with E-state index in [4.69, 9.17) is 0 Å². The van der Waals surface area contributed by atoms with E-state index >= 15 is 0 Å². The fourth-order valence-electron chi connectivity index (χ4n) is 2.93. The van der Waals surface area contributed by atoms with Crippen LogP contribution in [0.1, 0.15) is 24.7 Å². The topological polar surface area (TPSA) is 61.0 Å². The van der Waals surface area contributed by atoms with Crippen molar-refractivity contribution in [3.8, 4) is 0 Å². The van der Waals surface area contributed by atoms with Crippen LogP contribution < -0.4 is 5.32 Å². The fraction of sp³-hybridized carbons (Fsp3) is 0.500. The van der Waals surface area contributed by atoms with Gasteiger partial charge < -0.3 is 15.2 Å². The van der Waals surface area contributed by atoms with Gasteiger partial charge >= 0.3 is 0 Å². The molecule has 0 saturated carbocycles. The number of imidazole rings is 1. The Hall–Kier alpha value is -1.88. The summed E-state index contributed by atoms with van der Waals surface area (Å²) in [6, 6.07) is 6.39. The highest BCUT2D eigenvalue weighted by atomic mass is 16.2. The van der Waals surface area contributed by atoms with E-state index in [1.165, 1.54) is 0 Å². The van der Waals surface area contributed by atoms with Crippen LogP contribution in [0.25, 0.3) is 11.0 Å². The molecule has 1 saturated heterocycles. The fourth-order valence-corrected chi connectivity index (χ4v) is 2.93. The molecule has 0 aliphatic carbocycles. The summed E-state index contributed by atoms with van der Waals surface area (Å²) in [5.74, 6) is 1.12. The van der Waals surface area contributed by atoms with Gasteiger partial charge in [0.2, 0.25) is 5.91 Å². The minimum absolute atomic E-state index is 0.223. The van der Waals surface area contributed by atoms with Crippen LogP contribution in [0.5, 0.6) is 0 Å². The second-order valence-electron chi connectivity index (χ2n) is 5.79. The van der Waals surface area contributed by atoms with Crippen molar-refractivity contribution >= 4 is 16.9 Å². The van der Waals surface area contributed by atoms with Gasteiger partial charge in [-0.3, -0.25) is 4.79 Å². The second kappa shape index (κ2) is 5.85. The first-order valence-electron chi connectivity index (χ1n) is 7.59. The predicted molar refractivity (Wildman–Crippen MR) is 83.2 cm³/mol. The zero-order chi connectivity index (χ0) is 14.8. The molecule has 1 aromatic carbocycles. The van der Waals surface area contributed by atoms with E-state index in [1.807, 2.05) is 17.0 Å². The standard InChI is InChI=1S/C16H22N4O/c1-11-4-3-5-13-16(11)19-14(18-13)6-7-15(21)20-9-8-17-10-12(20)2/h3-5,12,17H,6-10H2,1-2H3,(H,18,19)/t12-/m1/s1. The van der Waals surface area contributed by atoms with Gasteiger partial charge in [0.25, 0.3) is 0 Å². The van der Waals surface area contributed by atoms with Gasteiger partial charge in [0.05, 0.1) is 11.0 Å². The van der Waals surface area contributed by atoms with Gasteiger partial charge in [0.1, 0.15) is 5.82 Å². The molecule has 2 aromatic rings. The average molecular weight is 286 g/mol. The molecule has 1 amide bonds. The molecule has 1 aliphatic heterocycles. The Morgan fingerprint density at radius 1 is 1.48 bits per heavy atom. The molecule has 0 bridgehead atoms. The van der Waals surface area contributed by atoms with Crippen LogP contribution in [0.2, 0.25) is 0 Å². The normalized spacial score (nSPS) is 19.1. The smallest absolute Gasteiger partial charge is 0.223 e. The Kier molecular flexibility index (Phi) is 3.92. The molecule has 3 rings (SSSR count). The van der Waals surface area contributed by atoms with E-state index in [9.17, 15) is 4.79 Å². The lowest BCUT2D eigenvalue weighted by Gasteiger charge is -2.34. The second-order valence-corrected chi connectivity index (χ2v) is 5.79. The first-order valence-corrected chi connectivity index (χ1v) is 7.59. The number of amides is 1. The molecular weight excluding hydrogens is 264 g/mol. The third-order valence-corrected chi connectivity index (χ3v) is 4.16. The van der Waals surface area contributed by atoms with E-state index in [0.29, 0.717) is 12.8 Å². The van der Waals surface area contributed by atoms with E-state index in [1.54, 1.807) is 0 Å². The van der Waals surface area contributed by atoms with Crippen molar-refractivity contribution in [1.29, 1.82) is 0 Å². The van der Waals surface area contributed by atoms with Crippen molar-refractivity contribution in [3.05, 3.63) is 29.6 Å². The van der Waals surface area contributed by atoms with Gasteiger partial charge in [-0.1, -0.05) is 12.1 Å². The number of para-hydroxylation sites is 1. The van der Waals surface area contributed by atoms with Gasteiger partial charge in [0.15, 0.2) is 0 Å². The number of hydrogen-bond acceptors (Lipinski definition) is 3. The van der Waals surface area contributed by atoms with Crippen LogP contribution in [0.3, 0.4) is 0 Å². The number of nitrogens with zero attached hydrogens (tertiary/aromatic N) is 2. The number of piperazine rings is 1. The number of nitrogens with one attached hydrogen (secondary N) is 2. The molecule has 112 valence electrons. The molecule has 1 aliphatic rings.